The van der Waals surface area contributed by atoms with Crippen molar-refractivity contribution in [3.63, 3.8) is 0 Å². The molecule has 0 bridgehead atoms. The van der Waals surface area contributed by atoms with E-state index in [0.29, 0.717) is 6.61 Å². The summed E-state index contributed by atoms with van der Waals surface area (Å²) in [5.74, 6) is 0.611. The second-order valence-electron chi connectivity index (χ2n) is 6.12. The number of carbonyl (C=O) groups is 1. The Morgan fingerprint density at radius 2 is 1.96 bits per heavy atom. The molecule has 0 saturated carbocycles. The van der Waals surface area contributed by atoms with Gasteiger partial charge in [0, 0.05) is 20.0 Å². The summed E-state index contributed by atoms with van der Waals surface area (Å²) in [5.41, 5.74) is 1.29. The number of alkyl halides is 3. The van der Waals surface area contributed by atoms with Gasteiger partial charge in [-0.3, -0.25) is 4.79 Å². The standard InChI is InChI=1S/C19H18F3NO2/c1-23(12-15-4-2-3-5-16(15)19(20,21)22)18(24)11-13-6-7-17-14(10-13)8-9-25-17/h2-7,10H,8-9,11-12H2,1H3. The molecule has 0 N–H and O–H groups in total. The zero-order valence-corrected chi connectivity index (χ0v) is 13.8. The van der Waals surface area contributed by atoms with Crippen molar-refractivity contribution in [1.82, 2.24) is 4.90 Å². The molecule has 2 aromatic carbocycles. The second kappa shape index (κ2) is 6.78. The Morgan fingerprint density at radius 1 is 1.20 bits per heavy atom. The van der Waals surface area contributed by atoms with E-state index in [0.717, 1.165) is 29.4 Å². The first kappa shape index (κ1) is 17.3. The SMILES string of the molecule is CN(Cc1ccccc1C(F)(F)F)C(=O)Cc1ccc2c(c1)CCO2. The number of nitrogens with zero attached hydrogens (tertiary/aromatic N) is 1. The molecule has 1 heterocycles. The number of amides is 1. The van der Waals surface area contributed by atoms with E-state index in [1.807, 2.05) is 18.2 Å². The molecule has 25 heavy (non-hydrogen) atoms. The Bertz CT molecular complexity index is 786. The molecule has 0 unspecified atom stereocenters. The Kier molecular flexibility index (Phi) is 4.70. The zero-order valence-electron chi connectivity index (χ0n) is 13.8. The highest BCUT2D eigenvalue weighted by Gasteiger charge is 2.33. The molecule has 0 saturated heterocycles. The van der Waals surface area contributed by atoms with Gasteiger partial charge < -0.3 is 9.64 Å². The van der Waals surface area contributed by atoms with E-state index in [1.54, 1.807) is 6.07 Å². The maximum Gasteiger partial charge on any atom is 0.416 e. The number of benzene rings is 2. The number of rotatable bonds is 4. The molecule has 0 atom stereocenters. The predicted octanol–water partition coefficient (Wildman–Crippen LogP) is 3.84. The van der Waals surface area contributed by atoms with E-state index >= 15 is 0 Å². The molecule has 1 aliphatic rings. The number of hydrogen-bond donors (Lipinski definition) is 0. The molecule has 0 aliphatic carbocycles. The van der Waals surface area contributed by atoms with E-state index in [9.17, 15) is 18.0 Å². The van der Waals surface area contributed by atoms with Crippen molar-refractivity contribution < 1.29 is 22.7 Å². The fraction of sp³-hybridized carbons (Fsp3) is 0.316. The quantitative estimate of drug-likeness (QED) is 0.839. The van der Waals surface area contributed by atoms with Crippen molar-refractivity contribution in [1.29, 1.82) is 0 Å². The van der Waals surface area contributed by atoms with Gasteiger partial charge in [-0.05, 0) is 28.8 Å². The van der Waals surface area contributed by atoms with Crippen molar-refractivity contribution in [3.05, 3.63) is 64.7 Å². The van der Waals surface area contributed by atoms with Crippen LogP contribution in [-0.4, -0.2) is 24.5 Å². The highest BCUT2D eigenvalue weighted by molar-refractivity contribution is 5.78. The fourth-order valence-corrected chi connectivity index (χ4v) is 2.94. The van der Waals surface area contributed by atoms with Crippen LogP contribution < -0.4 is 4.74 Å². The van der Waals surface area contributed by atoms with Crippen molar-refractivity contribution >= 4 is 5.91 Å². The molecule has 3 rings (SSSR count). The molecule has 2 aromatic rings. The lowest BCUT2D eigenvalue weighted by molar-refractivity contribution is -0.139. The largest absolute Gasteiger partial charge is 0.493 e. The Labute approximate surface area is 144 Å². The number of hydrogen-bond acceptors (Lipinski definition) is 2. The Balaban J connectivity index is 1.69. The maximum absolute atomic E-state index is 13.1. The van der Waals surface area contributed by atoms with Crippen LogP contribution >= 0.6 is 0 Å². The van der Waals surface area contributed by atoms with Gasteiger partial charge in [0.15, 0.2) is 0 Å². The van der Waals surface area contributed by atoms with E-state index in [2.05, 4.69) is 0 Å². The molecule has 0 aromatic heterocycles. The summed E-state index contributed by atoms with van der Waals surface area (Å²) in [7, 11) is 1.52. The molecule has 0 fully saturated rings. The van der Waals surface area contributed by atoms with Crippen LogP contribution in [0.25, 0.3) is 0 Å². The van der Waals surface area contributed by atoms with Gasteiger partial charge in [-0.2, -0.15) is 13.2 Å². The van der Waals surface area contributed by atoms with Crippen LogP contribution in [0.1, 0.15) is 22.3 Å². The third-order valence-corrected chi connectivity index (χ3v) is 4.27. The van der Waals surface area contributed by atoms with Crippen LogP contribution in [-0.2, 0) is 30.4 Å². The summed E-state index contributed by atoms with van der Waals surface area (Å²) in [6.45, 7) is 0.559. The van der Waals surface area contributed by atoms with Gasteiger partial charge in [-0.15, -0.1) is 0 Å². The Hall–Kier alpha value is -2.50. The molecule has 3 nitrogen and oxygen atoms in total. The third kappa shape index (κ3) is 3.95. The van der Waals surface area contributed by atoms with Crippen LogP contribution in [0, 0.1) is 0 Å². The minimum absolute atomic E-state index is 0.0808. The number of ether oxygens (including phenoxy) is 1. The van der Waals surface area contributed by atoms with Gasteiger partial charge in [0.1, 0.15) is 5.75 Å². The molecular weight excluding hydrogens is 331 g/mol. The van der Waals surface area contributed by atoms with Crippen LogP contribution in [0.3, 0.4) is 0 Å². The van der Waals surface area contributed by atoms with Gasteiger partial charge in [-0.25, -0.2) is 0 Å². The topological polar surface area (TPSA) is 29.5 Å². The van der Waals surface area contributed by atoms with Crippen LogP contribution in [0.4, 0.5) is 13.2 Å². The monoisotopic (exact) mass is 349 g/mol. The summed E-state index contributed by atoms with van der Waals surface area (Å²) >= 11 is 0. The van der Waals surface area contributed by atoms with E-state index in [-0.39, 0.29) is 24.4 Å². The third-order valence-electron chi connectivity index (χ3n) is 4.27. The number of halogens is 3. The molecule has 6 heteroatoms. The average Bonchev–Trinajstić information content (AvgIpc) is 3.02. The van der Waals surface area contributed by atoms with Gasteiger partial charge in [-0.1, -0.05) is 30.3 Å². The van der Waals surface area contributed by atoms with Gasteiger partial charge >= 0.3 is 6.18 Å². The Morgan fingerprint density at radius 3 is 2.72 bits per heavy atom. The molecule has 1 amide bonds. The first-order valence-electron chi connectivity index (χ1n) is 7.98. The molecule has 132 valence electrons. The maximum atomic E-state index is 13.1. The molecule has 0 spiro atoms. The lowest BCUT2D eigenvalue weighted by atomic mass is 10.0. The molecular formula is C19H18F3NO2. The first-order chi connectivity index (χ1) is 11.8. The van der Waals surface area contributed by atoms with Crippen LogP contribution in [0.15, 0.2) is 42.5 Å². The summed E-state index contributed by atoms with van der Waals surface area (Å²) in [6.07, 6.45) is -3.47. The van der Waals surface area contributed by atoms with E-state index in [4.69, 9.17) is 4.74 Å². The minimum atomic E-state index is -4.43. The normalized spacial score (nSPS) is 13.3. The predicted molar refractivity (Wildman–Crippen MR) is 87.3 cm³/mol. The molecule has 0 radical (unpaired) electrons. The average molecular weight is 349 g/mol. The van der Waals surface area contributed by atoms with Crippen molar-refractivity contribution in [2.45, 2.75) is 25.6 Å². The van der Waals surface area contributed by atoms with E-state index < -0.39 is 11.7 Å². The highest BCUT2D eigenvalue weighted by Crippen LogP contribution is 2.32. The lowest BCUT2D eigenvalue weighted by Gasteiger charge is -2.20. The minimum Gasteiger partial charge on any atom is -0.493 e. The second-order valence-corrected chi connectivity index (χ2v) is 6.12. The smallest absolute Gasteiger partial charge is 0.416 e. The van der Waals surface area contributed by atoms with Crippen LogP contribution in [0.5, 0.6) is 5.75 Å². The zero-order chi connectivity index (χ0) is 18.0. The number of likely N-dealkylation sites (N-methyl/N-ethyl adjacent to an activating group) is 1. The summed E-state index contributed by atoms with van der Waals surface area (Å²) in [6, 6.07) is 10.9. The highest BCUT2D eigenvalue weighted by atomic mass is 19.4. The first-order valence-corrected chi connectivity index (χ1v) is 7.98. The van der Waals surface area contributed by atoms with Gasteiger partial charge in [0.2, 0.25) is 5.91 Å². The van der Waals surface area contributed by atoms with Crippen molar-refractivity contribution in [2.24, 2.45) is 0 Å². The fourth-order valence-electron chi connectivity index (χ4n) is 2.94. The summed E-state index contributed by atoms with van der Waals surface area (Å²) < 4.78 is 44.6. The van der Waals surface area contributed by atoms with Crippen molar-refractivity contribution in [3.8, 4) is 5.75 Å². The summed E-state index contributed by atoms with van der Waals surface area (Å²) in [5, 5.41) is 0. The molecule has 1 aliphatic heterocycles. The lowest BCUT2D eigenvalue weighted by Crippen LogP contribution is -2.28. The van der Waals surface area contributed by atoms with Gasteiger partial charge in [0.05, 0.1) is 18.6 Å². The number of carbonyl (C=O) groups excluding carboxylic acids is 1. The van der Waals surface area contributed by atoms with Crippen LogP contribution in [0.2, 0.25) is 0 Å². The number of fused-ring (bicyclic) bond motifs is 1. The summed E-state index contributed by atoms with van der Waals surface area (Å²) in [4.78, 5) is 13.7. The van der Waals surface area contributed by atoms with Gasteiger partial charge in [0.25, 0.3) is 0 Å². The van der Waals surface area contributed by atoms with E-state index in [1.165, 1.54) is 24.1 Å². The van der Waals surface area contributed by atoms with Crippen molar-refractivity contribution in [2.75, 3.05) is 13.7 Å².